The molecule has 0 radical (unpaired) electrons. The van der Waals surface area contributed by atoms with E-state index in [0.717, 1.165) is 11.3 Å². The van der Waals surface area contributed by atoms with Crippen LogP contribution < -0.4 is 5.32 Å². The van der Waals surface area contributed by atoms with Crippen LogP contribution in [0.15, 0.2) is 18.9 Å². The fourth-order valence-electron chi connectivity index (χ4n) is 2.57. The first-order valence-corrected chi connectivity index (χ1v) is 7.27. The molecular formula is C15H22N4O3. The molecule has 1 aromatic heterocycles. The summed E-state index contributed by atoms with van der Waals surface area (Å²) in [4.78, 5) is 25.6. The van der Waals surface area contributed by atoms with Crippen molar-refractivity contribution in [2.75, 3.05) is 20.2 Å². The van der Waals surface area contributed by atoms with Crippen LogP contribution >= 0.6 is 0 Å². The Kier molecular flexibility index (Phi) is 5.32. The molecular weight excluding hydrogens is 284 g/mol. The summed E-state index contributed by atoms with van der Waals surface area (Å²) in [5.74, 6) is -0.515. The van der Waals surface area contributed by atoms with Gasteiger partial charge in [-0.1, -0.05) is 6.08 Å². The molecule has 1 aliphatic rings. The van der Waals surface area contributed by atoms with E-state index in [0.29, 0.717) is 26.2 Å². The zero-order chi connectivity index (χ0) is 16.1. The molecule has 22 heavy (non-hydrogen) atoms. The molecule has 7 heteroatoms. The van der Waals surface area contributed by atoms with Gasteiger partial charge in [-0.25, -0.2) is 0 Å². The highest BCUT2D eigenvalue weighted by Crippen LogP contribution is 2.16. The van der Waals surface area contributed by atoms with Crippen LogP contribution in [0.2, 0.25) is 0 Å². The molecule has 2 heterocycles. The number of piperazine rings is 1. The molecule has 1 fully saturated rings. The lowest BCUT2D eigenvalue weighted by molar-refractivity contribution is -0.146. The summed E-state index contributed by atoms with van der Waals surface area (Å²) in [5.41, 5.74) is 1.97. The number of aryl methyl sites for hydroxylation is 1. The summed E-state index contributed by atoms with van der Waals surface area (Å²) in [6.45, 7) is 8.14. The first-order valence-electron chi connectivity index (χ1n) is 7.27. The Morgan fingerprint density at radius 3 is 3.09 bits per heavy atom. The summed E-state index contributed by atoms with van der Waals surface area (Å²) in [7, 11) is 1.33. The number of nitrogens with one attached hydrogen (secondary N) is 1. The van der Waals surface area contributed by atoms with E-state index >= 15 is 0 Å². The molecule has 0 aliphatic carbocycles. The van der Waals surface area contributed by atoms with Crippen LogP contribution in [-0.4, -0.2) is 52.8 Å². The third-order valence-electron chi connectivity index (χ3n) is 3.77. The maximum Gasteiger partial charge on any atom is 0.307 e. The molecule has 1 N–H and O–H groups in total. The van der Waals surface area contributed by atoms with Crippen LogP contribution in [0.3, 0.4) is 0 Å². The Morgan fingerprint density at radius 1 is 1.64 bits per heavy atom. The van der Waals surface area contributed by atoms with E-state index in [1.54, 1.807) is 6.08 Å². The average molecular weight is 306 g/mol. The number of carbonyl (C=O) groups excluding carboxylic acids is 2. The van der Waals surface area contributed by atoms with Gasteiger partial charge in [0.15, 0.2) is 0 Å². The summed E-state index contributed by atoms with van der Waals surface area (Å²) in [5, 5.41) is 7.21. The molecule has 120 valence electrons. The maximum absolute atomic E-state index is 12.0. The standard InChI is InChI=1S/C15H22N4O3/c1-4-6-19-10-12(11(2)17-19)9-18-7-5-16-15(21)13(18)8-14(20)22-3/h4,10,13H,1,5-9H2,2-3H3,(H,16,21). The molecule has 0 bridgehead atoms. The van der Waals surface area contributed by atoms with Gasteiger partial charge in [0.25, 0.3) is 0 Å². The Balaban J connectivity index is 2.12. The number of allylic oxidation sites excluding steroid dienone is 1. The van der Waals surface area contributed by atoms with Crippen molar-refractivity contribution in [1.82, 2.24) is 20.0 Å². The number of amides is 1. The van der Waals surface area contributed by atoms with Gasteiger partial charge < -0.3 is 10.1 Å². The SMILES string of the molecule is C=CCn1cc(CN2CCNC(=O)C2CC(=O)OC)c(C)n1. The van der Waals surface area contributed by atoms with Crippen LogP contribution in [0.4, 0.5) is 0 Å². The molecule has 7 nitrogen and oxygen atoms in total. The van der Waals surface area contributed by atoms with Gasteiger partial charge in [-0.15, -0.1) is 6.58 Å². The highest BCUT2D eigenvalue weighted by Gasteiger charge is 2.32. The minimum Gasteiger partial charge on any atom is -0.469 e. The number of aromatic nitrogens is 2. The van der Waals surface area contributed by atoms with Crippen LogP contribution in [0.25, 0.3) is 0 Å². The van der Waals surface area contributed by atoms with E-state index in [4.69, 9.17) is 0 Å². The zero-order valence-electron chi connectivity index (χ0n) is 13.0. The van der Waals surface area contributed by atoms with Crippen molar-refractivity contribution in [2.45, 2.75) is 32.5 Å². The van der Waals surface area contributed by atoms with Gasteiger partial charge in [-0.2, -0.15) is 5.10 Å². The summed E-state index contributed by atoms with van der Waals surface area (Å²) < 4.78 is 6.50. The largest absolute Gasteiger partial charge is 0.469 e. The molecule has 1 atom stereocenters. The lowest BCUT2D eigenvalue weighted by Gasteiger charge is -2.34. The van der Waals surface area contributed by atoms with Gasteiger partial charge >= 0.3 is 5.97 Å². The van der Waals surface area contributed by atoms with Crippen molar-refractivity contribution >= 4 is 11.9 Å². The van der Waals surface area contributed by atoms with Gasteiger partial charge in [0.05, 0.1) is 25.8 Å². The fraction of sp³-hybridized carbons (Fsp3) is 0.533. The summed E-state index contributed by atoms with van der Waals surface area (Å²) >= 11 is 0. The molecule has 2 rings (SSSR count). The topological polar surface area (TPSA) is 76.5 Å². The van der Waals surface area contributed by atoms with Crippen LogP contribution in [0.1, 0.15) is 17.7 Å². The van der Waals surface area contributed by atoms with Crippen LogP contribution in [0, 0.1) is 6.92 Å². The van der Waals surface area contributed by atoms with Gasteiger partial charge in [-0.05, 0) is 6.92 Å². The van der Waals surface area contributed by atoms with Crippen LogP contribution in [-0.2, 0) is 27.4 Å². The van der Waals surface area contributed by atoms with Gasteiger partial charge in [0.1, 0.15) is 6.04 Å². The number of hydrogen-bond donors (Lipinski definition) is 1. The molecule has 1 aromatic rings. The van der Waals surface area contributed by atoms with E-state index in [2.05, 4.69) is 21.7 Å². The Morgan fingerprint density at radius 2 is 2.41 bits per heavy atom. The zero-order valence-corrected chi connectivity index (χ0v) is 13.0. The Labute approximate surface area is 129 Å². The van der Waals surface area contributed by atoms with E-state index in [1.807, 2.05) is 22.7 Å². The quantitative estimate of drug-likeness (QED) is 0.602. The van der Waals surface area contributed by atoms with E-state index in [-0.39, 0.29) is 18.3 Å². The number of nitrogens with zero attached hydrogens (tertiary/aromatic N) is 3. The second-order valence-corrected chi connectivity index (χ2v) is 5.31. The lowest BCUT2D eigenvalue weighted by Crippen LogP contribution is -2.55. The van der Waals surface area contributed by atoms with E-state index in [9.17, 15) is 9.59 Å². The smallest absolute Gasteiger partial charge is 0.307 e. The Hall–Kier alpha value is -2.15. The fourth-order valence-corrected chi connectivity index (χ4v) is 2.57. The van der Waals surface area contributed by atoms with E-state index in [1.165, 1.54) is 7.11 Å². The van der Waals surface area contributed by atoms with Crippen molar-refractivity contribution < 1.29 is 14.3 Å². The predicted molar refractivity (Wildman–Crippen MR) is 81.0 cm³/mol. The molecule has 1 amide bonds. The van der Waals surface area contributed by atoms with Gasteiger partial charge in [0.2, 0.25) is 5.91 Å². The minimum atomic E-state index is -0.497. The number of hydrogen-bond acceptors (Lipinski definition) is 5. The molecule has 1 unspecified atom stereocenters. The third kappa shape index (κ3) is 3.73. The maximum atomic E-state index is 12.0. The molecule has 0 aromatic carbocycles. The average Bonchev–Trinajstić information content (AvgIpc) is 2.82. The first-order chi connectivity index (χ1) is 10.5. The monoisotopic (exact) mass is 306 g/mol. The first kappa shape index (κ1) is 16.2. The lowest BCUT2D eigenvalue weighted by atomic mass is 10.1. The predicted octanol–water partition coefficient (Wildman–Crippen LogP) is 0.241. The van der Waals surface area contributed by atoms with E-state index < -0.39 is 6.04 Å². The number of rotatable bonds is 6. The van der Waals surface area contributed by atoms with Crippen molar-refractivity contribution in [2.24, 2.45) is 0 Å². The van der Waals surface area contributed by atoms with Gasteiger partial charge in [0, 0.05) is 31.4 Å². The highest BCUT2D eigenvalue weighted by atomic mass is 16.5. The van der Waals surface area contributed by atoms with Gasteiger partial charge in [-0.3, -0.25) is 19.2 Å². The van der Waals surface area contributed by atoms with Crippen molar-refractivity contribution in [3.63, 3.8) is 0 Å². The number of esters is 1. The third-order valence-corrected chi connectivity index (χ3v) is 3.77. The number of methoxy groups -OCH3 is 1. The summed E-state index contributed by atoms with van der Waals surface area (Å²) in [6, 6.07) is -0.497. The van der Waals surface area contributed by atoms with Crippen molar-refractivity contribution in [1.29, 1.82) is 0 Å². The molecule has 1 saturated heterocycles. The Bertz CT molecular complexity index is 567. The second-order valence-electron chi connectivity index (χ2n) is 5.31. The van der Waals surface area contributed by atoms with Crippen molar-refractivity contribution in [3.8, 4) is 0 Å². The molecule has 0 saturated carbocycles. The minimum absolute atomic E-state index is 0.0577. The summed E-state index contributed by atoms with van der Waals surface area (Å²) in [6.07, 6.45) is 3.80. The molecule has 0 spiro atoms. The normalized spacial score (nSPS) is 18.8. The number of carbonyl (C=O) groups is 2. The molecule has 1 aliphatic heterocycles. The second kappa shape index (κ2) is 7.22. The number of ether oxygens (including phenoxy) is 1. The highest BCUT2D eigenvalue weighted by molar-refractivity contribution is 5.87. The van der Waals surface area contributed by atoms with Crippen LogP contribution in [0.5, 0.6) is 0 Å². The van der Waals surface area contributed by atoms with Crippen molar-refractivity contribution in [3.05, 3.63) is 30.1 Å².